The molecule has 0 atom stereocenters. The number of rotatable bonds is 8. The van der Waals surface area contributed by atoms with Crippen LogP contribution < -0.4 is 35.9 Å². The molecule has 0 bridgehead atoms. The standard InChI is InChI=1S/C14H17N3O2.C3H6N2S.2ClH.Cu/c1-3-13(18-9-1)11-16-7-5-15-6-8-17-12-14-4-2-10-19-14;4-3-5-1-2-6-3;;;/h1-4,9-12,15H,5-8H2;1-2H2,(H2,4,5);2*1H;/q;;;;+2/p-2. The van der Waals surface area contributed by atoms with E-state index in [0.717, 1.165) is 55.2 Å². The van der Waals surface area contributed by atoms with E-state index in [4.69, 9.17) is 14.6 Å². The van der Waals surface area contributed by atoms with Gasteiger partial charge < -0.3 is 44.7 Å². The molecule has 0 saturated heterocycles. The molecule has 2 aromatic heterocycles. The first kappa shape index (κ1) is 29.0. The van der Waals surface area contributed by atoms with Gasteiger partial charge in [-0.3, -0.25) is 15.0 Å². The van der Waals surface area contributed by atoms with Gasteiger partial charge in [-0.15, -0.1) is 0 Å². The van der Waals surface area contributed by atoms with Gasteiger partial charge in [-0.1, -0.05) is 11.8 Å². The number of halogens is 2. The van der Waals surface area contributed by atoms with Crippen LogP contribution in [0.5, 0.6) is 0 Å². The second-order valence-electron chi connectivity index (χ2n) is 4.92. The number of nitrogens with zero attached hydrogens (tertiary/aromatic N) is 3. The Balaban J connectivity index is 0. The first-order valence-corrected chi connectivity index (χ1v) is 9.03. The van der Waals surface area contributed by atoms with Crippen molar-refractivity contribution in [1.29, 1.82) is 0 Å². The second-order valence-corrected chi connectivity index (χ2v) is 6.04. The molecule has 0 unspecified atom stereocenters. The van der Waals surface area contributed by atoms with E-state index < -0.39 is 0 Å². The van der Waals surface area contributed by atoms with E-state index in [-0.39, 0.29) is 41.9 Å². The normalized spacial score (nSPS) is 12.5. The van der Waals surface area contributed by atoms with E-state index in [2.05, 4.69) is 20.3 Å². The minimum Gasteiger partial charge on any atom is -1.00 e. The minimum absolute atomic E-state index is 0. The van der Waals surface area contributed by atoms with Crippen molar-refractivity contribution in [3.63, 3.8) is 0 Å². The summed E-state index contributed by atoms with van der Waals surface area (Å²) >= 11 is 1.62. The third-order valence-corrected chi connectivity index (χ3v) is 3.78. The predicted octanol–water partition coefficient (Wildman–Crippen LogP) is -3.95. The van der Waals surface area contributed by atoms with E-state index in [1.54, 1.807) is 36.7 Å². The van der Waals surface area contributed by atoms with E-state index >= 15 is 0 Å². The third-order valence-electron chi connectivity index (χ3n) is 2.97. The van der Waals surface area contributed by atoms with Gasteiger partial charge in [0.05, 0.1) is 44.6 Å². The summed E-state index contributed by atoms with van der Waals surface area (Å²) in [7, 11) is 0. The van der Waals surface area contributed by atoms with Gasteiger partial charge in [0.2, 0.25) is 0 Å². The SMILES string of the molecule is C(=NCCNCCN=Cc1ccco1)c1ccco1.NC1=NCCS1.[Cl-].[Cl-].[Cu+2]. The smallest absolute Gasteiger partial charge is 1.00 e. The van der Waals surface area contributed by atoms with Crippen LogP contribution in [0.4, 0.5) is 0 Å². The molecule has 0 aromatic carbocycles. The van der Waals surface area contributed by atoms with Gasteiger partial charge in [0.25, 0.3) is 0 Å². The van der Waals surface area contributed by atoms with Gasteiger partial charge in [-0.25, -0.2) is 0 Å². The number of hydrogen-bond acceptors (Lipinski definition) is 8. The molecule has 3 rings (SSSR count). The van der Waals surface area contributed by atoms with E-state index in [1.807, 2.05) is 24.3 Å². The number of hydrogen-bond donors (Lipinski definition) is 2. The Labute approximate surface area is 192 Å². The maximum atomic E-state index is 5.25. The summed E-state index contributed by atoms with van der Waals surface area (Å²) in [5.41, 5.74) is 5.25. The fraction of sp³-hybridized carbons (Fsp3) is 0.353. The quantitative estimate of drug-likeness (QED) is 0.221. The molecule has 28 heavy (non-hydrogen) atoms. The van der Waals surface area contributed by atoms with Crippen LogP contribution in [0.25, 0.3) is 0 Å². The van der Waals surface area contributed by atoms with Crippen molar-refractivity contribution in [2.75, 3.05) is 38.5 Å². The molecule has 2 aromatic rings. The zero-order valence-electron chi connectivity index (χ0n) is 15.1. The van der Waals surface area contributed by atoms with Gasteiger partial charge in [0, 0.05) is 18.8 Å². The van der Waals surface area contributed by atoms with Crippen LogP contribution in [0.3, 0.4) is 0 Å². The summed E-state index contributed by atoms with van der Waals surface area (Å²) < 4.78 is 10.3. The average Bonchev–Trinajstić information content (AvgIpc) is 3.37. The van der Waals surface area contributed by atoms with Crippen molar-refractivity contribution in [3.8, 4) is 0 Å². The summed E-state index contributed by atoms with van der Waals surface area (Å²) in [5.74, 6) is 2.64. The fourth-order valence-electron chi connectivity index (χ4n) is 1.80. The zero-order chi connectivity index (χ0) is 17.6. The Morgan fingerprint density at radius 2 is 1.57 bits per heavy atom. The maximum absolute atomic E-state index is 5.25. The zero-order valence-corrected chi connectivity index (χ0v) is 18.3. The molecule has 1 aliphatic heterocycles. The average molecular weight is 496 g/mol. The molecular formula is C17H23Cl2CuN5O2S. The van der Waals surface area contributed by atoms with Gasteiger partial charge in [0.1, 0.15) is 11.5 Å². The Bertz CT molecular complexity index is 621. The van der Waals surface area contributed by atoms with Crippen molar-refractivity contribution in [2.45, 2.75) is 0 Å². The summed E-state index contributed by atoms with van der Waals surface area (Å²) in [5, 5.41) is 4.00. The fourth-order valence-corrected chi connectivity index (χ4v) is 2.38. The van der Waals surface area contributed by atoms with Crippen LogP contribution in [0, 0.1) is 0 Å². The number of aliphatic imine (C=N–C) groups is 3. The van der Waals surface area contributed by atoms with Gasteiger partial charge in [-0.05, 0) is 24.3 Å². The Morgan fingerprint density at radius 3 is 1.89 bits per heavy atom. The molecule has 0 fully saturated rings. The van der Waals surface area contributed by atoms with Crippen molar-refractivity contribution in [2.24, 2.45) is 20.7 Å². The molecule has 1 radical (unpaired) electrons. The van der Waals surface area contributed by atoms with Crippen LogP contribution in [-0.2, 0) is 17.1 Å². The molecule has 7 nitrogen and oxygen atoms in total. The molecule has 0 aliphatic carbocycles. The second kappa shape index (κ2) is 19.1. The van der Waals surface area contributed by atoms with Gasteiger partial charge in [-0.2, -0.15) is 0 Å². The molecule has 11 heteroatoms. The van der Waals surface area contributed by atoms with Crippen molar-refractivity contribution < 1.29 is 50.7 Å². The molecule has 1 aliphatic rings. The molecule has 0 spiro atoms. The minimum atomic E-state index is 0. The number of nitrogens with one attached hydrogen (secondary N) is 1. The number of nitrogens with two attached hydrogens (primary N) is 1. The third kappa shape index (κ3) is 13.9. The Kier molecular flexibility index (Phi) is 19.8. The summed E-state index contributed by atoms with van der Waals surface area (Å²) in [6.07, 6.45) is 6.74. The molecule has 3 N–H and O–H groups in total. The molecule has 3 heterocycles. The topological polar surface area (TPSA) is 101 Å². The van der Waals surface area contributed by atoms with E-state index in [9.17, 15) is 0 Å². The van der Waals surface area contributed by atoms with Crippen LogP contribution in [-0.4, -0.2) is 56.1 Å². The first-order valence-electron chi connectivity index (χ1n) is 8.04. The van der Waals surface area contributed by atoms with Gasteiger partial charge >= 0.3 is 17.1 Å². The number of amidine groups is 1. The number of furan rings is 2. The summed E-state index contributed by atoms with van der Waals surface area (Å²) in [6.45, 7) is 4.02. The monoisotopic (exact) mass is 494 g/mol. The Hall–Kier alpha value is -1.22. The molecule has 0 saturated carbocycles. The van der Waals surface area contributed by atoms with Crippen molar-refractivity contribution in [3.05, 3.63) is 48.3 Å². The van der Waals surface area contributed by atoms with Gasteiger partial charge in [0.15, 0.2) is 5.17 Å². The largest absolute Gasteiger partial charge is 2.00 e. The van der Waals surface area contributed by atoms with E-state index in [0.29, 0.717) is 0 Å². The van der Waals surface area contributed by atoms with Crippen LogP contribution >= 0.6 is 11.8 Å². The maximum Gasteiger partial charge on any atom is 2.00 e. The van der Waals surface area contributed by atoms with E-state index in [1.165, 1.54) is 0 Å². The molecular weight excluding hydrogens is 473 g/mol. The van der Waals surface area contributed by atoms with Crippen LogP contribution in [0.1, 0.15) is 11.5 Å². The molecule has 159 valence electrons. The first-order chi connectivity index (χ1) is 12.3. The molecule has 0 amide bonds. The predicted molar refractivity (Wildman–Crippen MR) is 104 cm³/mol. The number of thioether (sulfide) groups is 1. The van der Waals surface area contributed by atoms with Crippen molar-refractivity contribution >= 4 is 29.4 Å². The van der Waals surface area contributed by atoms with Crippen LogP contribution in [0.2, 0.25) is 0 Å². The Morgan fingerprint density at radius 1 is 1.04 bits per heavy atom. The summed E-state index contributed by atoms with van der Waals surface area (Å²) in [4.78, 5) is 12.4. The summed E-state index contributed by atoms with van der Waals surface area (Å²) in [6, 6.07) is 7.44. The van der Waals surface area contributed by atoms with Crippen molar-refractivity contribution in [1.82, 2.24) is 5.32 Å². The van der Waals surface area contributed by atoms with Crippen LogP contribution in [0.15, 0.2) is 60.6 Å².